The number of benzene rings is 3. The van der Waals surface area contributed by atoms with Crippen molar-refractivity contribution in [1.29, 1.82) is 5.26 Å². The topological polar surface area (TPSA) is 77.4 Å². The number of nitrogens with zero attached hydrogens (tertiary/aromatic N) is 2. The smallest absolute Gasteiger partial charge is 0.319 e. The van der Waals surface area contributed by atoms with E-state index in [9.17, 15) is 4.79 Å². The third kappa shape index (κ3) is 4.75. The average molecular weight is 455 g/mol. The van der Waals surface area contributed by atoms with Gasteiger partial charge in [-0.3, -0.25) is 5.32 Å². The van der Waals surface area contributed by atoms with Gasteiger partial charge in [0, 0.05) is 13.1 Å². The fourth-order valence-electron chi connectivity index (χ4n) is 4.36. The highest BCUT2D eigenvalue weighted by atomic mass is 16.5. The molecule has 2 N–H and O–H groups in total. The minimum atomic E-state index is -0.685. The molecule has 4 rings (SSSR count). The lowest BCUT2D eigenvalue weighted by atomic mass is 9.94. The van der Waals surface area contributed by atoms with Crippen molar-refractivity contribution in [2.75, 3.05) is 20.2 Å². The third-order valence-corrected chi connectivity index (χ3v) is 6.64. The van der Waals surface area contributed by atoms with E-state index in [4.69, 9.17) is 10.00 Å². The van der Waals surface area contributed by atoms with E-state index in [2.05, 4.69) is 48.7 Å². The summed E-state index contributed by atoms with van der Waals surface area (Å²) in [6.45, 7) is 5.78. The van der Waals surface area contributed by atoms with Crippen LogP contribution in [0.25, 0.3) is 0 Å². The lowest BCUT2D eigenvalue weighted by Crippen LogP contribution is -2.55. The number of methoxy groups -OCH3 is 1. The van der Waals surface area contributed by atoms with Gasteiger partial charge in [0.25, 0.3) is 0 Å². The molecule has 1 unspecified atom stereocenters. The summed E-state index contributed by atoms with van der Waals surface area (Å²) in [7, 11) is 1.65. The van der Waals surface area contributed by atoms with Crippen LogP contribution in [0.4, 0.5) is 4.79 Å². The second-order valence-electron chi connectivity index (χ2n) is 8.73. The Morgan fingerprint density at radius 2 is 1.74 bits per heavy atom. The van der Waals surface area contributed by atoms with E-state index >= 15 is 0 Å². The molecule has 6 heteroatoms. The Morgan fingerprint density at radius 1 is 1.03 bits per heavy atom. The van der Waals surface area contributed by atoms with Gasteiger partial charge in [0.2, 0.25) is 0 Å². The first-order chi connectivity index (χ1) is 16.4. The molecule has 0 aliphatic carbocycles. The number of carbonyl (C=O) groups excluding carboxylic acids is 1. The highest BCUT2D eigenvalue weighted by Gasteiger charge is 2.46. The predicted octanol–water partition coefficient (Wildman–Crippen LogP) is 4.39. The molecule has 1 aliphatic rings. The molecule has 1 atom stereocenters. The Hall–Kier alpha value is -3.82. The maximum absolute atomic E-state index is 13.1. The van der Waals surface area contributed by atoms with Crippen molar-refractivity contribution in [2.24, 2.45) is 0 Å². The van der Waals surface area contributed by atoms with Crippen molar-refractivity contribution in [3.05, 3.63) is 100 Å². The van der Waals surface area contributed by atoms with Crippen molar-refractivity contribution in [1.82, 2.24) is 15.5 Å². The lowest BCUT2D eigenvalue weighted by molar-refractivity contribution is 0.124. The van der Waals surface area contributed by atoms with Crippen molar-refractivity contribution >= 4 is 6.03 Å². The SMILES string of the molecule is COc1ccc(CCN2C(=O)NCC2(NCc2ccc(C#N)cc2)c2ccc(C)c(C)c2)cc1. The number of amides is 2. The summed E-state index contributed by atoms with van der Waals surface area (Å²) in [6, 6.07) is 24.0. The molecule has 1 aliphatic heterocycles. The standard InChI is InChI=1S/C28H30N4O2/c1-20-4-11-25(16-21(20)2)28(31-18-24-7-5-23(17-29)6-8-24)19-30-27(33)32(28)15-14-22-9-12-26(34-3)13-10-22/h4-13,16,31H,14-15,18-19H2,1-3H3,(H,30,33). The Morgan fingerprint density at radius 3 is 2.38 bits per heavy atom. The van der Waals surface area contributed by atoms with E-state index in [0.717, 1.165) is 28.9 Å². The normalized spacial score (nSPS) is 17.4. The Balaban J connectivity index is 1.63. The summed E-state index contributed by atoms with van der Waals surface area (Å²) in [4.78, 5) is 15.0. The van der Waals surface area contributed by atoms with Crippen LogP contribution in [-0.2, 0) is 18.6 Å². The fraction of sp³-hybridized carbons (Fsp3) is 0.286. The van der Waals surface area contributed by atoms with Crippen LogP contribution in [0.5, 0.6) is 5.75 Å². The van der Waals surface area contributed by atoms with E-state index in [-0.39, 0.29) is 6.03 Å². The Bertz CT molecular complexity index is 1200. The van der Waals surface area contributed by atoms with Crippen LogP contribution in [0.1, 0.15) is 33.4 Å². The van der Waals surface area contributed by atoms with Crippen LogP contribution >= 0.6 is 0 Å². The number of urea groups is 1. The number of carbonyl (C=O) groups is 1. The van der Waals surface area contributed by atoms with Gasteiger partial charge >= 0.3 is 6.03 Å². The molecule has 0 spiro atoms. The minimum Gasteiger partial charge on any atom is -0.497 e. The maximum atomic E-state index is 13.1. The molecule has 2 amide bonds. The van der Waals surface area contributed by atoms with Gasteiger partial charge in [0.15, 0.2) is 0 Å². The highest BCUT2D eigenvalue weighted by molar-refractivity contribution is 5.78. The van der Waals surface area contributed by atoms with Crippen LogP contribution in [0.2, 0.25) is 0 Å². The van der Waals surface area contributed by atoms with Gasteiger partial charge in [-0.1, -0.05) is 42.5 Å². The Kier molecular flexibility index (Phi) is 6.85. The highest BCUT2D eigenvalue weighted by Crippen LogP contribution is 2.32. The molecular weight excluding hydrogens is 424 g/mol. The van der Waals surface area contributed by atoms with Crippen LogP contribution in [0.3, 0.4) is 0 Å². The van der Waals surface area contributed by atoms with Crippen LogP contribution in [0.15, 0.2) is 66.7 Å². The summed E-state index contributed by atoms with van der Waals surface area (Å²) in [6.07, 6.45) is 0.725. The molecule has 3 aromatic rings. The molecule has 34 heavy (non-hydrogen) atoms. The first kappa shape index (κ1) is 23.3. The number of nitrogens with one attached hydrogen (secondary N) is 2. The van der Waals surface area contributed by atoms with Gasteiger partial charge in [-0.05, 0) is 72.4 Å². The molecule has 1 fully saturated rings. The molecule has 1 heterocycles. The van der Waals surface area contributed by atoms with Crippen molar-refractivity contribution in [3.63, 3.8) is 0 Å². The third-order valence-electron chi connectivity index (χ3n) is 6.64. The van der Waals surface area contributed by atoms with Crippen LogP contribution in [-0.4, -0.2) is 31.1 Å². The van der Waals surface area contributed by atoms with Crippen LogP contribution in [0, 0.1) is 25.2 Å². The van der Waals surface area contributed by atoms with Gasteiger partial charge < -0.3 is 15.0 Å². The molecule has 174 valence electrons. The van der Waals surface area contributed by atoms with Gasteiger partial charge in [-0.15, -0.1) is 0 Å². The zero-order valence-electron chi connectivity index (χ0n) is 19.9. The number of aryl methyl sites for hydroxylation is 2. The number of nitriles is 1. The zero-order valence-corrected chi connectivity index (χ0v) is 19.9. The molecule has 1 saturated heterocycles. The fourth-order valence-corrected chi connectivity index (χ4v) is 4.36. The number of rotatable bonds is 8. The van der Waals surface area contributed by atoms with E-state index in [0.29, 0.717) is 25.2 Å². The van der Waals surface area contributed by atoms with Gasteiger partial charge in [-0.2, -0.15) is 5.26 Å². The van der Waals surface area contributed by atoms with Gasteiger partial charge in [0.05, 0.1) is 25.3 Å². The summed E-state index contributed by atoms with van der Waals surface area (Å²) in [5.41, 5.74) is 5.59. The van der Waals surface area contributed by atoms with Crippen LogP contribution < -0.4 is 15.4 Å². The molecule has 3 aromatic carbocycles. The van der Waals surface area contributed by atoms with Crippen molar-refractivity contribution in [2.45, 2.75) is 32.5 Å². The molecule has 0 aromatic heterocycles. The Labute approximate surface area is 201 Å². The number of hydrogen-bond donors (Lipinski definition) is 2. The average Bonchev–Trinajstić information content (AvgIpc) is 3.19. The van der Waals surface area contributed by atoms with E-state index in [1.165, 1.54) is 11.1 Å². The predicted molar refractivity (Wildman–Crippen MR) is 132 cm³/mol. The van der Waals surface area contributed by atoms with E-state index in [1.54, 1.807) is 7.11 Å². The van der Waals surface area contributed by atoms with E-state index < -0.39 is 5.66 Å². The first-order valence-corrected chi connectivity index (χ1v) is 11.5. The molecule has 6 nitrogen and oxygen atoms in total. The maximum Gasteiger partial charge on any atom is 0.319 e. The summed E-state index contributed by atoms with van der Waals surface area (Å²) >= 11 is 0. The van der Waals surface area contributed by atoms with Crippen molar-refractivity contribution < 1.29 is 9.53 Å². The van der Waals surface area contributed by atoms with Gasteiger partial charge in [-0.25, -0.2) is 4.79 Å². The second kappa shape index (κ2) is 9.98. The summed E-state index contributed by atoms with van der Waals surface area (Å²) < 4.78 is 5.26. The monoisotopic (exact) mass is 454 g/mol. The number of ether oxygens (including phenoxy) is 1. The van der Waals surface area contributed by atoms with Crippen molar-refractivity contribution in [3.8, 4) is 11.8 Å². The molecule has 0 bridgehead atoms. The summed E-state index contributed by atoms with van der Waals surface area (Å²) in [5.74, 6) is 0.816. The molecular formula is C28H30N4O2. The van der Waals surface area contributed by atoms with E-state index in [1.807, 2.05) is 53.4 Å². The quantitative estimate of drug-likeness (QED) is 0.529. The lowest BCUT2D eigenvalue weighted by Gasteiger charge is -2.39. The first-order valence-electron chi connectivity index (χ1n) is 11.5. The second-order valence-corrected chi connectivity index (χ2v) is 8.73. The summed E-state index contributed by atoms with van der Waals surface area (Å²) in [5, 5.41) is 15.8. The number of hydrogen-bond acceptors (Lipinski definition) is 4. The minimum absolute atomic E-state index is 0.0842. The van der Waals surface area contributed by atoms with Gasteiger partial charge in [0.1, 0.15) is 11.4 Å². The molecule has 0 saturated carbocycles. The largest absolute Gasteiger partial charge is 0.497 e. The zero-order chi connectivity index (χ0) is 24.1. The molecule has 0 radical (unpaired) electrons.